The summed E-state index contributed by atoms with van der Waals surface area (Å²) in [6, 6.07) is 11.0. The van der Waals surface area contributed by atoms with Gasteiger partial charge in [-0.1, -0.05) is 23.7 Å². The van der Waals surface area contributed by atoms with Gasteiger partial charge in [-0.05, 0) is 29.8 Å². The number of hydrogen-bond acceptors (Lipinski definition) is 4. The average Bonchev–Trinajstić information content (AvgIpc) is 2.89. The lowest BCUT2D eigenvalue weighted by atomic mass is 10.2. The smallest absolute Gasteiger partial charge is 0.151 e. The minimum absolute atomic E-state index is 0.00673. The molecule has 0 aliphatic rings. The number of benzene rings is 1. The summed E-state index contributed by atoms with van der Waals surface area (Å²) in [6.07, 6.45) is 5.09. The van der Waals surface area contributed by atoms with Crippen LogP contribution in [0.25, 0.3) is 5.65 Å². The second-order valence-corrected chi connectivity index (χ2v) is 7.98. The Morgan fingerprint density at radius 3 is 2.83 bits per heavy atom. The zero-order valence-electron chi connectivity index (χ0n) is 12.5. The second-order valence-electron chi connectivity index (χ2n) is 5.44. The van der Waals surface area contributed by atoms with Crippen LogP contribution < -0.4 is 5.32 Å². The zero-order chi connectivity index (χ0) is 16.4. The van der Waals surface area contributed by atoms with Crippen LogP contribution in [0.3, 0.4) is 0 Å². The van der Waals surface area contributed by atoms with Gasteiger partial charge in [-0.3, -0.25) is 0 Å². The minimum atomic E-state index is -3.08. The summed E-state index contributed by atoms with van der Waals surface area (Å²) < 4.78 is 24.8. The number of halogens is 1. The summed E-state index contributed by atoms with van der Waals surface area (Å²) in [5.74, 6) is -0.00673. The molecule has 0 bridgehead atoms. The van der Waals surface area contributed by atoms with Crippen molar-refractivity contribution >= 4 is 32.8 Å². The molecule has 23 heavy (non-hydrogen) atoms. The molecular formula is C16H16ClN3O2S. The lowest BCUT2D eigenvalue weighted by molar-refractivity contribution is 0.601. The monoisotopic (exact) mass is 349 g/mol. The molecule has 3 rings (SSSR count). The number of aromatic nitrogens is 2. The SMILES string of the molecule is CS(=O)(=O)Cc1ccc(Cl)c(NCc2cn3ccccc3n2)c1. The Balaban J connectivity index is 1.78. The van der Waals surface area contributed by atoms with Gasteiger partial charge < -0.3 is 9.72 Å². The number of imidazole rings is 1. The maximum Gasteiger partial charge on any atom is 0.151 e. The first-order chi connectivity index (χ1) is 10.9. The summed E-state index contributed by atoms with van der Waals surface area (Å²) >= 11 is 6.17. The van der Waals surface area contributed by atoms with E-state index in [9.17, 15) is 8.42 Å². The molecule has 0 saturated heterocycles. The van der Waals surface area contributed by atoms with Gasteiger partial charge in [-0.25, -0.2) is 13.4 Å². The van der Waals surface area contributed by atoms with E-state index < -0.39 is 9.84 Å². The lowest BCUT2D eigenvalue weighted by Gasteiger charge is -2.09. The van der Waals surface area contributed by atoms with Gasteiger partial charge in [0.25, 0.3) is 0 Å². The molecule has 2 aromatic heterocycles. The average molecular weight is 350 g/mol. The summed E-state index contributed by atoms with van der Waals surface area (Å²) in [7, 11) is -3.08. The third-order valence-electron chi connectivity index (χ3n) is 3.33. The van der Waals surface area contributed by atoms with Gasteiger partial charge in [0.2, 0.25) is 0 Å². The molecule has 0 unspecified atom stereocenters. The number of nitrogens with zero attached hydrogens (tertiary/aromatic N) is 2. The van der Waals surface area contributed by atoms with Crippen molar-refractivity contribution in [3.63, 3.8) is 0 Å². The Bertz CT molecular complexity index is 918. The molecule has 5 nitrogen and oxygen atoms in total. The molecule has 0 fully saturated rings. The molecule has 0 amide bonds. The Hall–Kier alpha value is -2.05. The van der Waals surface area contributed by atoms with E-state index in [1.54, 1.807) is 18.2 Å². The number of hydrogen-bond donors (Lipinski definition) is 1. The van der Waals surface area contributed by atoms with Gasteiger partial charge in [0.15, 0.2) is 9.84 Å². The fourth-order valence-electron chi connectivity index (χ4n) is 2.36. The topological polar surface area (TPSA) is 63.5 Å². The minimum Gasteiger partial charge on any atom is -0.378 e. The predicted molar refractivity (Wildman–Crippen MR) is 92.5 cm³/mol. The highest BCUT2D eigenvalue weighted by Gasteiger charge is 2.08. The molecule has 3 aromatic rings. The normalized spacial score (nSPS) is 11.7. The van der Waals surface area contributed by atoms with Crippen LogP contribution in [-0.2, 0) is 22.1 Å². The number of anilines is 1. The van der Waals surface area contributed by atoms with Crippen LogP contribution in [0.5, 0.6) is 0 Å². The van der Waals surface area contributed by atoms with E-state index >= 15 is 0 Å². The predicted octanol–water partition coefficient (Wildman–Crippen LogP) is 3.14. The zero-order valence-corrected chi connectivity index (χ0v) is 14.1. The number of sulfone groups is 1. The second kappa shape index (κ2) is 6.22. The maximum absolute atomic E-state index is 11.4. The molecule has 0 spiro atoms. The van der Waals surface area contributed by atoms with Crippen LogP contribution in [0.1, 0.15) is 11.3 Å². The van der Waals surface area contributed by atoms with Crippen LogP contribution in [0, 0.1) is 0 Å². The lowest BCUT2D eigenvalue weighted by Crippen LogP contribution is -2.04. The van der Waals surface area contributed by atoms with Crippen molar-refractivity contribution in [3.05, 3.63) is 65.1 Å². The highest BCUT2D eigenvalue weighted by molar-refractivity contribution is 7.89. The summed E-state index contributed by atoms with van der Waals surface area (Å²) in [6.45, 7) is 0.504. The first-order valence-electron chi connectivity index (χ1n) is 7.03. The number of nitrogens with one attached hydrogen (secondary N) is 1. The third-order valence-corrected chi connectivity index (χ3v) is 4.52. The maximum atomic E-state index is 11.4. The molecular weight excluding hydrogens is 334 g/mol. The van der Waals surface area contributed by atoms with Gasteiger partial charge in [0, 0.05) is 18.6 Å². The van der Waals surface area contributed by atoms with Crippen LogP contribution >= 0.6 is 11.6 Å². The standard InChI is InChI=1S/C16H16ClN3O2S/c1-23(21,22)11-12-5-6-14(17)15(8-12)18-9-13-10-20-7-3-2-4-16(20)19-13/h2-8,10,18H,9,11H2,1H3. The van der Waals surface area contributed by atoms with Crippen LogP contribution in [0.15, 0.2) is 48.8 Å². The molecule has 0 aliphatic heterocycles. The van der Waals surface area contributed by atoms with E-state index in [0.29, 0.717) is 22.8 Å². The van der Waals surface area contributed by atoms with E-state index in [0.717, 1.165) is 11.3 Å². The molecule has 1 N–H and O–H groups in total. The van der Waals surface area contributed by atoms with Crippen molar-refractivity contribution in [1.29, 1.82) is 0 Å². The molecule has 1 aromatic carbocycles. The van der Waals surface area contributed by atoms with Gasteiger partial charge >= 0.3 is 0 Å². The van der Waals surface area contributed by atoms with Crippen molar-refractivity contribution in [2.75, 3.05) is 11.6 Å². The number of pyridine rings is 1. The van der Waals surface area contributed by atoms with Crippen LogP contribution in [-0.4, -0.2) is 24.1 Å². The quantitative estimate of drug-likeness (QED) is 0.768. The van der Waals surface area contributed by atoms with Gasteiger partial charge in [-0.2, -0.15) is 0 Å². The molecule has 120 valence electrons. The van der Waals surface area contributed by atoms with Crippen molar-refractivity contribution in [2.45, 2.75) is 12.3 Å². The first kappa shape index (κ1) is 15.8. The van der Waals surface area contributed by atoms with Gasteiger partial charge in [-0.15, -0.1) is 0 Å². The highest BCUT2D eigenvalue weighted by Crippen LogP contribution is 2.24. The first-order valence-corrected chi connectivity index (χ1v) is 9.47. The summed E-state index contributed by atoms with van der Waals surface area (Å²) in [5.41, 5.74) is 3.15. The third kappa shape index (κ3) is 4.03. The summed E-state index contributed by atoms with van der Waals surface area (Å²) in [4.78, 5) is 4.50. The number of fused-ring (bicyclic) bond motifs is 1. The molecule has 0 atom stereocenters. The van der Waals surface area contributed by atoms with Crippen LogP contribution in [0.4, 0.5) is 5.69 Å². The Labute approximate surface area is 139 Å². The van der Waals surface area contributed by atoms with Crippen LogP contribution in [0.2, 0.25) is 5.02 Å². The number of rotatable bonds is 5. The van der Waals surface area contributed by atoms with Crippen molar-refractivity contribution in [3.8, 4) is 0 Å². The fraction of sp³-hybridized carbons (Fsp3) is 0.188. The van der Waals surface area contributed by atoms with Gasteiger partial charge in [0.05, 0.1) is 28.7 Å². The van der Waals surface area contributed by atoms with Gasteiger partial charge in [0.1, 0.15) is 5.65 Å². The Morgan fingerprint density at radius 1 is 1.26 bits per heavy atom. The summed E-state index contributed by atoms with van der Waals surface area (Å²) in [5, 5.41) is 3.76. The molecule has 0 saturated carbocycles. The molecule has 0 aliphatic carbocycles. The molecule has 7 heteroatoms. The van der Waals surface area contributed by atoms with E-state index in [-0.39, 0.29) is 5.75 Å². The largest absolute Gasteiger partial charge is 0.378 e. The van der Waals surface area contributed by atoms with Crippen molar-refractivity contribution < 1.29 is 8.42 Å². The Kier molecular flexibility index (Phi) is 4.28. The Morgan fingerprint density at radius 2 is 2.09 bits per heavy atom. The highest BCUT2D eigenvalue weighted by atomic mass is 35.5. The molecule has 0 radical (unpaired) electrons. The van der Waals surface area contributed by atoms with E-state index in [2.05, 4.69) is 10.3 Å². The molecule has 2 heterocycles. The van der Waals surface area contributed by atoms with E-state index in [4.69, 9.17) is 11.6 Å². The fourth-order valence-corrected chi connectivity index (χ4v) is 3.33. The van der Waals surface area contributed by atoms with E-state index in [1.807, 2.05) is 35.0 Å². The van der Waals surface area contributed by atoms with Crippen molar-refractivity contribution in [2.24, 2.45) is 0 Å². The van der Waals surface area contributed by atoms with Crippen molar-refractivity contribution in [1.82, 2.24) is 9.38 Å². The van der Waals surface area contributed by atoms with E-state index in [1.165, 1.54) is 6.26 Å².